The van der Waals surface area contributed by atoms with E-state index in [9.17, 15) is 14.4 Å². The number of fused-ring (bicyclic) bond motifs is 7. The van der Waals surface area contributed by atoms with Gasteiger partial charge in [-0.25, -0.2) is 4.90 Å². The minimum absolute atomic E-state index is 0.113. The van der Waals surface area contributed by atoms with Crippen molar-refractivity contribution in [3.05, 3.63) is 53.1 Å². The van der Waals surface area contributed by atoms with Gasteiger partial charge in [-0.2, -0.15) is 0 Å². The van der Waals surface area contributed by atoms with Gasteiger partial charge in [-0.15, -0.1) is 0 Å². The van der Waals surface area contributed by atoms with Gasteiger partial charge in [0.2, 0.25) is 17.7 Å². The molecule has 7 heteroatoms. The number of methoxy groups -OCH3 is 1. The second-order valence-corrected chi connectivity index (χ2v) is 9.27. The van der Waals surface area contributed by atoms with Crippen molar-refractivity contribution in [2.24, 2.45) is 11.8 Å². The molecule has 4 aliphatic rings. The zero-order chi connectivity index (χ0) is 22.4. The molecule has 1 spiro atoms. The fraction of sp³-hybridized carbons (Fsp3) is 0.400. The van der Waals surface area contributed by atoms with E-state index >= 15 is 0 Å². The minimum Gasteiger partial charge on any atom is -0.497 e. The summed E-state index contributed by atoms with van der Waals surface area (Å²) in [6.07, 6.45) is 1.72. The number of carbonyl (C=O) groups excluding carboxylic acids is 3. The fourth-order valence-corrected chi connectivity index (χ4v) is 6.51. The molecule has 2 aromatic rings. The molecule has 3 amide bonds. The standard InChI is InChI=1S/C25H25N3O4/c1-13-6-11-17-21(14(13)2)26-24(31)25(17)20-19(18-5-4-12-27(18)25)22(29)28(23(20)30)15-7-9-16(32-3)10-8-15/h6-11,18-20H,4-5,12H2,1-3H3,(H,26,31)/t18-,19-,20-,25+/m1/s1. The first kappa shape index (κ1) is 19.5. The molecule has 0 unspecified atom stereocenters. The van der Waals surface area contributed by atoms with Crippen LogP contribution in [-0.4, -0.2) is 42.3 Å². The highest BCUT2D eigenvalue weighted by Crippen LogP contribution is 2.61. The molecule has 4 aliphatic heterocycles. The summed E-state index contributed by atoms with van der Waals surface area (Å²) in [5.41, 5.74) is 3.12. The molecule has 3 saturated heterocycles. The highest BCUT2D eigenvalue weighted by atomic mass is 16.5. The van der Waals surface area contributed by atoms with Gasteiger partial charge in [-0.05, 0) is 68.6 Å². The van der Waals surface area contributed by atoms with Crippen molar-refractivity contribution in [1.82, 2.24) is 4.90 Å². The van der Waals surface area contributed by atoms with Crippen LogP contribution >= 0.6 is 0 Å². The largest absolute Gasteiger partial charge is 0.497 e. The Labute approximate surface area is 186 Å². The van der Waals surface area contributed by atoms with Crippen LogP contribution in [0.1, 0.15) is 29.5 Å². The summed E-state index contributed by atoms with van der Waals surface area (Å²) < 4.78 is 5.22. The third kappa shape index (κ3) is 2.12. The fourth-order valence-electron chi connectivity index (χ4n) is 6.51. The summed E-state index contributed by atoms with van der Waals surface area (Å²) in [6, 6.07) is 10.8. The van der Waals surface area contributed by atoms with E-state index in [-0.39, 0.29) is 23.8 Å². The van der Waals surface area contributed by atoms with E-state index in [0.717, 1.165) is 35.2 Å². The van der Waals surface area contributed by atoms with Gasteiger partial charge in [0.25, 0.3) is 0 Å². The molecule has 3 fully saturated rings. The second kappa shape index (κ2) is 6.42. The Balaban J connectivity index is 1.53. The van der Waals surface area contributed by atoms with Crippen LogP contribution in [0, 0.1) is 25.7 Å². The summed E-state index contributed by atoms with van der Waals surface area (Å²) >= 11 is 0. The van der Waals surface area contributed by atoms with Gasteiger partial charge < -0.3 is 10.1 Å². The van der Waals surface area contributed by atoms with E-state index in [4.69, 9.17) is 4.74 Å². The highest BCUT2D eigenvalue weighted by molar-refractivity contribution is 6.26. The van der Waals surface area contributed by atoms with Gasteiger partial charge in [-0.3, -0.25) is 19.3 Å². The molecular weight excluding hydrogens is 406 g/mol. The van der Waals surface area contributed by atoms with Gasteiger partial charge in [0.15, 0.2) is 0 Å². The molecular formula is C25H25N3O4. The summed E-state index contributed by atoms with van der Waals surface area (Å²) in [5, 5.41) is 3.09. The summed E-state index contributed by atoms with van der Waals surface area (Å²) in [4.78, 5) is 44.8. The molecule has 32 heavy (non-hydrogen) atoms. The van der Waals surface area contributed by atoms with Gasteiger partial charge in [0, 0.05) is 17.3 Å². The Kier molecular flexibility index (Phi) is 3.91. The normalized spacial score (nSPS) is 30.7. The Morgan fingerprint density at radius 1 is 1.03 bits per heavy atom. The van der Waals surface area contributed by atoms with Gasteiger partial charge >= 0.3 is 0 Å². The molecule has 0 radical (unpaired) electrons. The van der Waals surface area contributed by atoms with Crippen LogP contribution in [-0.2, 0) is 19.9 Å². The Bertz CT molecular complexity index is 1190. The van der Waals surface area contributed by atoms with E-state index in [2.05, 4.69) is 10.2 Å². The van der Waals surface area contributed by atoms with E-state index < -0.39 is 17.4 Å². The van der Waals surface area contributed by atoms with Crippen LogP contribution in [0.3, 0.4) is 0 Å². The first-order valence-corrected chi connectivity index (χ1v) is 11.1. The zero-order valence-corrected chi connectivity index (χ0v) is 18.3. The van der Waals surface area contributed by atoms with Crippen LogP contribution < -0.4 is 15.0 Å². The lowest BCUT2D eigenvalue weighted by Crippen LogP contribution is -2.54. The summed E-state index contributed by atoms with van der Waals surface area (Å²) in [7, 11) is 1.57. The number of nitrogens with zero attached hydrogens (tertiary/aromatic N) is 2. The number of ether oxygens (including phenoxy) is 1. The number of aryl methyl sites for hydroxylation is 1. The van der Waals surface area contributed by atoms with Crippen molar-refractivity contribution in [2.45, 2.75) is 38.3 Å². The third-order valence-corrected chi connectivity index (χ3v) is 8.03. The maximum absolute atomic E-state index is 13.9. The molecule has 7 nitrogen and oxygen atoms in total. The minimum atomic E-state index is -1.13. The predicted molar refractivity (Wildman–Crippen MR) is 118 cm³/mol. The van der Waals surface area contributed by atoms with E-state index in [1.54, 1.807) is 31.4 Å². The quantitative estimate of drug-likeness (QED) is 0.740. The number of anilines is 2. The Morgan fingerprint density at radius 2 is 1.78 bits per heavy atom. The predicted octanol–water partition coefficient (Wildman–Crippen LogP) is 2.74. The van der Waals surface area contributed by atoms with Crippen molar-refractivity contribution < 1.29 is 19.1 Å². The number of benzene rings is 2. The van der Waals surface area contributed by atoms with Crippen LogP contribution in [0.4, 0.5) is 11.4 Å². The average molecular weight is 431 g/mol. The number of nitrogens with one attached hydrogen (secondary N) is 1. The van der Waals surface area contributed by atoms with E-state index in [1.165, 1.54) is 4.90 Å². The molecule has 0 bridgehead atoms. The van der Waals surface area contributed by atoms with Gasteiger partial charge in [0.1, 0.15) is 11.3 Å². The smallest absolute Gasteiger partial charge is 0.250 e. The monoisotopic (exact) mass is 431 g/mol. The molecule has 0 saturated carbocycles. The van der Waals surface area contributed by atoms with Crippen molar-refractivity contribution in [3.8, 4) is 5.75 Å². The lowest BCUT2D eigenvalue weighted by Gasteiger charge is -2.36. The lowest BCUT2D eigenvalue weighted by molar-refractivity contribution is -0.135. The average Bonchev–Trinajstić information content (AvgIpc) is 3.50. The van der Waals surface area contributed by atoms with Gasteiger partial charge in [0.05, 0.1) is 24.6 Å². The van der Waals surface area contributed by atoms with Crippen molar-refractivity contribution in [3.63, 3.8) is 0 Å². The van der Waals surface area contributed by atoms with Crippen molar-refractivity contribution >= 4 is 29.1 Å². The molecule has 4 heterocycles. The Morgan fingerprint density at radius 3 is 2.50 bits per heavy atom. The van der Waals surface area contributed by atoms with Gasteiger partial charge in [-0.1, -0.05) is 12.1 Å². The Hall–Kier alpha value is -3.19. The molecule has 0 aromatic heterocycles. The number of imide groups is 1. The van der Waals surface area contributed by atoms with Crippen LogP contribution in [0.15, 0.2) is 36.4 Å². The highest BCUT2D eigenvalue weighted by Gasteiger charge is 2.74. The van der Waals surface area contributed by atoms with E-state index in [0.29, 0.717) is 18.0 Å². The van der Waals surface area contributed by atoms with Crippen LogP contribution in [0.2, 0.25) is 0 Å². The lowest BCUT2D eigenvalue weighted by atomic mass is 9.75. The summed E-state index contributed by atoms with van der Waals surface area (Å²) in [5.74, 6) is -1.28. The molecule has 1 N–H and O–H groups in total. The SMILES string of the molecule is COc1ccc(N2C(=O)[C@@H]3[C@H]4CCCN4[C@]4(C(=O)Nc5c4ccc(C)c5C)[C@H]3C2=O)cc1. The van der Waals surface area contributed by atoms with E-state index in [1.807, 2.05) is 26.0 Å². The zero-order valence-electron chi connectivity index (χ0n) is 18.3. The number of hydrogen-bond acceptors (Lipinski definition) is 5. The number of hydrogen-bond donors (Lipinski definition) is 1. The maximum Gasteiger partial charge on any atom is 0.250 e. The first-order chi connectivity index (χ1) is 15.4. The number of amides is 3. The maximum atomic E-state index is 13.9. The molecule has 6 rings (SSSR count). The topological polar surface area (TPSA) is 79.0 Å². The van der Waals surface area contributed by atoms with Crippen LogP contribution in [0.25, 0.3) is 0 Å². The molecule has 4 atom stereocenters. The summed E-state index contributed by atoms with van der Waals surface area (Å²) in [6.45, 7) is 4.71. The number of rotatable bonds is 2. The molecule has 2 aromatic carbocycles. The second-order valence-electron chi connectivity index (χ2n) is 9.27. The third-order valence-electron chi connectivity index (χ3n) is 8.03. The number of carbonyl (C=O) groups is 3. The molecule has 0 aliphatic carbocycles. The first-order valence-electron chi connectivity index (χ1n) is 11.1. The van der Waals surface area contributed by atoms with Crippen LogP contribution in [0.5, 0.6) is 5.75 Å². The van der Waals surface area contributed by atoms with Crippen molar-refractivity contribution in [2.75, 3.05) is 23.9 Å². The molecule has 164 valence electrons. The van der Waals surface area contributed by atoms with Crippen molar-refractivity contribution in [1.29, 1.82) is 0 Å².